The van der Waals surface area contributed by atoms with Gasteiger partial charge >= 0.3 is 0 Å². The van der Waals surface area contributed by atoms with E-state index in [1.165, 1.54) is 0 Å². The van der Waals surface area contributed by atoms with Crippen molar-refractivity contribution in [3.63, 3.8) is 0 Å². The van der Waals surface area contributed by atoms with Crippen molar-refractivity contribution in [3.8, 4) is 0 Å². The first-order valence-electron chi connectivity index (χ1n) is 2.68. The van der Waals surface area contributed by atoms with Crippen LogP contribution in [-0.2, 0) is 0 Å². The van der Waals surface area contributed by atoms with E-state index in [9.17, 15) is 0 Å². The highest BCUT2D eigenvalue weighted by molar-refractivity contribution is 6.63. The van der Waals surface area contributed by atoms with E-state index in [1.807, 2.05) is 0 Å². The van der Waals surface area contributed by atoms with Gasteiger partial charge in [-0.05, 0) is 6.42 Å². The highest BCUT2D eigenvalue weighted by Gasteiger charge is 1.78. The van der Waals surface area contributed by atoms with E-state index in [2.05, 4.69) is 6.92 Å². The summed E-state index contributed by atoms with van der Waals surface area (Å²) in [4.78, 5) is 0. The third-order valence-corrected chi connectivity index (χ3v) is 0.512. The molecule has 0 fully saturated rings. The van der Waals surface area contributed by atoms with Crippen LogP contribution in [0.2, 0.25) is 0 Å². The SMILES string of the molecule is CCCCO.ClC(Cl)Cl. The fourth-order valence-corrected chi connectivity index (χ4v) is 0.158. The van der Waals surface area contributed by atoms with Gasteiger partial charge in [0.2, 0.25) is 0 Å². The van der Waals surface area contributed by atoms with Crippen LogP contribution in [0, 0.1) is 0 Å². The molecule has 0 rings (SSSR count). The van der Waals surface area contributed by atoms with Crippen LogP contribution in [0.5, 0.6) is 0 Å². The molecule has 0 saturated carbocycles. The molecule has 0 unspecified atom stereocenters. The van der Waals surface area contributed by atoms with E-state index < -0.39 is 4.30 Å². The number of hydrogen-bond donors (Lipinski definition) is 1. The fraction of sp³-hybridized carbons (Fsp3) is 1.00. The van der Waals surface area contributed by atoms with Gasteiger partial charge in [0.25, 0.3) is 0 Å². The topological polar surface area (TPSA) is 20.2 Å². The lowest BCUT2D eigenvalue weighted by Gasteiger charge is -1.79. The Morgan fingerprint density at radius 3 is 1.67 bits per heavy atom. The summed E-state index contributed by atoms with van der Waals surface area (Å²) in [6.45, 7) is 2.40. The molecule has 0 aromatic heterocycles. The van der Waals surface area contributed by atoms with E-state index in [1.54, 1.807) is 0 Å². The standard InChI is InChI=1S/C4H10O.CHCl3/c1-2-3-4-5;2-1(3)4/h5H,2-4H2,1H3;1H. The van der Waals surface area contributed by atoms with Crippen LogP contribution in [0.25, 0.3) is 0 Å². The van der Waals surface area contributed by atoms with Gasteiger partial charge in [-0.15, -0.1) is 0 Å². The third-order valence-electron chi connectivity index (χ3n) is 0.512. The van der Waals surface area contributed by atoms with Crippen molar-refractivity contribution >= 4 is 34.8 Å². The van der Waals surface area contributed by atoms with Crippen molar-refractivity contribution in [2.45, 2.75) is 24.1 Å². The van der Waals surface area contributed by atoms with E-state index in [0.29, 0.717) is 6.61 Å². The quantitative estimate of drug-likeness (QED) is 0.669. The number of alkyl halides is 3. The van der Waals surface area contributed by atoms with Crippen molar-refractivity contribution in [3.05, 3.63) is 0 Å². The summed E-state index contributed by atoms with van der Waals surface area (Å²) in [5.74, 6) is 0. The van der Waals surface area contributed by atoms with Gasteiger partial charge in [0.05, 0.1) is 0 Å². The number of unbranched alkanes of at least 4 members (excludes halogenated alkanes) is 1. The Bertz CT molecular complexity index is 36.4. The molecule has 0 radical (unpaired) electrons. The van der Waals surface area contributed by atoms with Crippen LogP contribution in [0.4, 0.5) is 0 Å². The number of hydrogen-bond acceptors (Lipinski definition) is 1. The minimum absolute atomic E-state index is 0.344. The predicted octanol–water partition coefficient (Wildman–Crippen LogP) is 2.77. The Labute approximate surface area is 70.9 Å². The van der Waals surface area contributed by atoms with E-state index in [4.69, 9.17) is 39.9 Å². The molecule has 58 valence electrons. The fourth-order valence-electron chi connectivity index (χ4n) is 0.158. The monoisotopic (exact) mass is 192 g/mol. The van der Waals surface area contributed by atoms with Crippen molar-refractivity contribution in [1.29, 1.82) is 0 Å². The molecular formula is C5H11Cl3O. The average Bonchev–Trinajstić information content (AvgIpc) is 1.66. The molecule has 0 aromatic rings. The summed E-state index contributed by atoms with van der Waals surface area (Å²) < 4.78 is -0.750. The number of aliphatic hydroxyl groups is 1. The second kappa shape index (κ2) is 11.6. The van der Waals surface area contributed by atoms with Crippen molar-refractivity contribution in [1.82, 2.24) is 0 Å². The number of halogens is 3. The van der Waals surface area contributed by atoms with Crippen LogP contribution in [0.15, 0.2) is 0 Å². The molecule has 4 heteroatoms. The second-order valence-electron chi connectivity index (χ2n) is 1.32. The predicted molar refractivity (Wildman–Crippen MR) is 43.3 cm³/mol. The maximum absolute atomic E-state index is 8.07. The second-order valence-corrected chi connectivity index (χ2v) is 3.30. The van der Waals surface area contributed by atoms with Crippen LogP contribution in [-0.4, -0.2) is 16.0 Å². The highest BCUT2D eigenvalue weighted by Crippen LogP contribution is 2.03. The van der Waals surface area contributed by atoms with Crippen LogP contribution < -0.4 is 0 Å². The molecular weight excluding hydrogens is 182 g/mol. The van der Waals surface area contributed by atoms with Gasteiger partial charge in [-0.25, -0.2) is 0 Å². The van der Waals surface area contributed by atoms with E-state index >= 15 is 0 Å². The summed E-state index contributed by atoms with van der Waals surface area (Å²) in [5.41, 5.74) is 0. The molecule has 0 atom stereocenters. The summed E-state index contributed by atoms with van der Waals surface area (Å²) in [6, 6.07) is 0. The van der Waals surface area contributed by atoms with Gasteiger partial charge in [0, 0.05) is 6.61 Å². The van der Waals surface area contributed by atoms with Crippen molar-refractivity contribution in [2.75, 3.05) is 6.61 Å². The maximum Gasteiger partial charge on any atom is 0.180 e. The Hall–Kier alpha value is 0.830. The average molecular weight is 194 g/mol. The lowest BCUT2D eigenvalue weighted by atomic mass is 10.4. The highest BCUT2D eigenvalue weighted by atomic mass is 35.6. The molecule has 0 aliphatic carbocycles. The summed E-state index contributed by atoms with van der Waals surface area (Å²) in [7, 11) is 0. The van der Waals surface area contributed by atoms with Crippen LogP contribution in [0.3, 0.4) is 0 Å². The lowest BCUT2D eigenvalue weighted by Crippen LogP contribution is -1.75. The zero-order valence-corrected chi connectivity index (χ0v) is 7.55. The van der Waals surface area contributed by atoms with Gasteiger partial charge in [0.15, 0.2) is 4.30 Å². The minimum atomic E-state index is -0.750. The van der Waals surface area contributed by atoms with Gasteiger partial charge in [-0.1, -0.05) is 48.1 Å². The number of aliphatic hydroxyl groups excluding tert-OH is 1. The first-order valence-corrected chi connectivity index (χ1v) is 3.99. The Morgan fingerprint density at radius 1 is 1.33 bits per heavy atom. The number of rotatable bonds is 2. The normalized spacial score (nSPS) is 8.67. The smallest absolute Gasteiger partial charge is 0.180 e. The molecule has 0 spiro atoms. The van der Waals surface area contributed by atoms with Gasteiger partial charge in [-0.2, -0.15) is 0 Å². The largest absolute Gasteiger partial charge is 0.396 e. The maximum atomic E-state index is 8.07. The zero-order chi connectivity index (χ0) is 7.70. The Balaban J connectivity index is 0. The lowest BCUT2D eigenvalue weighted by molar-refractivity contribution is 0.287. The van der Waals surface area contributed by atoms with Gasteiger partial charge < -0.3 is 5.11 Å². The molecule has 0 heterocycles. The first kappa shape index (κ1) is 12.5. The molecule has 0 aliphatic rings. The molecule has 1 nitrogen and oxygen atoms in total. The molecule has 0 bridgehead atoms. The molecule has 0 aromatic carbocycles. The van der Waals surface area contributed by atoms with E-state index in [0.717, 1.165) is 12.8 Å². The molecule has 9 heavy (non-hydrogen) atoms. The summed E-state index contributed by atoms with van der Waals surface area (Å²) in [6.07, 6.45) is 2.04. The zero-order valence-electron chi connectivity index (χ0n) is 5.28. The van der Waals surface area contributed by atoms with E-state index in [-0.39, 0.29) is 0 Å². The molecule has 0 saturated heterocycles. The van der Waals surface area contributed by atoms with Crippen LogP contribution >= 0.6 is 34.8 Å². The minimum Gasteiger partial charge on any atom is -0.396 e. The van der Waals surface area contributed by atoms with Crippen molar-refractivity contribution < 1.29 is 5.11 Å². The molecule has 1 N–H and O–H groups in total. The summed E-state index contributed by atoms with van der Waals surface area (Å²) in [5, 5.41) is 8.07. The third kappa shape index (κ3) is 51.4. The van der Waals surface area contributed by atoms with Crippen molar-refractivity contribution in [2.24, 2.45) is 0 Å². The van der Waals surface area contributed by atoms with Crippen LogP contribution in [0.1, 0.15) is 19.8 Å². The summed E-state index contributed by atoms with van der Waals surface area (Å²) >= 11 is 14.4. The van der Waals surface area contributed by atoms with Gasteiger partial charge in [-0.3, -0.25) is 0 Å². The first-order chi connectivity index (χ1) is 4.15. The Morgan fingerprint density at radius 2 is 1.67 bits per heavy atom. The molecule has 0 amide bonds. The Kier molecular flexibility index (Phi) is 16.1. The van der Waals surface area contributed by atoms with Gasteiger partial charge in [0.1, 0.15) is 0 Å². The molecule has 0 aliphatic heterocycles.